The van der Waals surface area contributed by atoms with Crippen molar-refractivity contribution in [3.05, 3.63) is 36.5 Å². The van der Waals surface area contributed by atoms with Gasteiger partial charge in [-0.25, -0.2) is 18.1 Å². The second-order valence-electron chi connectivity index (χ2n) is 5.46. The van der Waals surface area contributed by atoms with E-state index in [9.17, 15) is 8.42 Å². The van der Waals surface area contributed by atoms with Crippen molar-refractivity contribution in [2.24, 2.45) is 0 Å². The first-order chi connectivity index (χ1) is 10.7. The minimum absolute atomic E-state index is 0.128. The van der Waals surface area contributed by atoms with Crippen molar-refractivity contribution in [1.29, 1.82) is 0 Å². The van der Waals surface area contributed by atoms with Crippen LogP contribution in [0.15, 0.2) is 35.2 Å². The van der Waals surface area contributed by atoms with Gasteiger partial charge >= 0.3 is 0 Å². The summed E-state index contributed by atoms with van der Waals surface area (Å²) in [6.07, 6.45) is 9.23. The Balaban J connectivity index is 1.74. The third kappa shape index (κ3) is 3.36. The van der Waals surface area contributed by atoms with Crippen molar-refractivity contribution >= 4 is 10.0 Å². The Kier molecular flexibility index (Phi) is 4.54. The van der Waals surface area contributed by atoms with Crippen molar-refractivity contribution in [3.63, 3.8) is 0 Å². The van der Waals surface area contributed by atoms with Crippen LogP contribution in [0.3, 0.4) is 0 Å². The van der Waals surface area contributed by atoms with Gasteiger partial charge in [-0.1, -0.05) is 19.3 Å². The van der Waals surface area contributed by atoms with Crippen molar-refractivity contribution in [2.75, 3.05) is 0 Å². The van der Waals surface area contributed by atoms with Gasteiger partial charge in [-0.15, -0.1) is 0 Å². The lowest BCUT2D eigenvalue weighted by Crippen LogP contribution is -2.35. The molecule has 1 N–H and O–H groups in total. The van der Waals surface area contributed by atoms with Crippen molar-refractivity contribution in [1.82, 2.24) is 14.7 Å². The van der Waals surface area contributed by atoms with Crippen LogP contribution in [-0.2, 0) is 16.6 Å². The van der Waals surface area contributed by atoms with Gasteiger partial charge in [0.05, 0.1) is 23.8 Å². The van der Waals surface area contributed by atoms with Crippen molar-refractivity contribution < 1.29 is 12.8 Å². The van der Waals surface area contributed by atoms with E-state index in [0.29, 0.717) is 17.1 Å². The molecule has 0 radical (unpaired) electrons. The third-order valence-corrected chi connectivity index (χ3v) is 5.86. The van der Waals surface area contributed by atoms with E-state index in [-0.39, 0.29) is 11.8 Å². The zero-order chi connectivity index (χ0) is 15.4. The molecule has 2 aromatic rings. The van der Waals surface area contributed by atoms with Gasteiger partial charge in [0.1, 0.15) is 5.69 Å². The fourth-order valence-electron chi connectivity index (χ4n) is 2.78. The maximum atomic E-state index is 12.4. The molecule has 7 heteroatoms. The van der Waals surface area contributed by atoms with Crippen molar-refractivity contribution in [2.45, 2.75) is 43.9 Å². The second-order valence-corrected chi connectivity index (χ2v) is 7.50. The molecular weight excluding hydrogens is 302 g/mol. The maximum absolute atomic E-state index is 12.4. The lowest BCUT2D eigenvalue weighted by molar-refractivity contribution is 0.477. The molecule has 2 aromatic heterocycles. The molecule has 0 bridgehead atoms. The van der Waals surface area contributed by atoms with E-state index < -0.39 is 10.0 Å². The largest absolute Gasteiger partial charge is 0.463 e. The Bertz CT molecular complexity index is 707. The number of aromatic nitrogens is 2. The molecule has 6 nitrogen and oxygen atoms in total. The number of nitrogens with zero attached hydrogens (tertiary/aromatic N) is 2. The van der Waals surface area contributed by atoms with E-state index in [2.05, 4.69) is 14.7 Å². The standard InChI is InChI=1S/C15H19N3O3S/c19-22(20,12-5-2-1-3-6-12)18-11-13-15(17-9-8-16-13)14-7-4-10-21-14/h4,7-10,12,18H,1-3,5-6,11H2. The summed E-state index contributed by atoms with van der Waals surface area (Å²) in [4.78, 5) is 8.48. The van der Waals surface area contributed by atoms with E-state index in [1.807, 2.05) is 0 Å². The summed E-state index contributed by atoms with van der Waals surface area (Å²) < 4.78 is 32.8. The number of nitrogens with one attached hydrogen (secondary N) is 1. The van der Waals surface area contributed by atoms with Crippen LogP contribution in [-0.4, -0.2) is 23.6 Å². The maximum Gasteiger partial charge on any atom is 0.214 e. The molecule has 1 saturated carbocycles. The highest BCUT2D eigenvalue weighted by molar-refractivity contribution is 7.90. The highest BCUT2D eigenvalue weighted by atomic mass is 32.2. The molecule has 3 rings (SSSR count). The molecule has 22 heavy (non-hydrogen) atoms. The molecule has 1 fully saturated rings. The summed E-state index contributed by atoms with van der Waals surface area (Å²) in [5.41, 5.74) is 1.13. The SMILES string of the molecule is O=S(=O)(NCc1nccnc1-c1ccco1)C1CCCCC1. The lowest BCUT2D eigenvalue weighted by Gasteiger charge is -2.22. The number of furan rings is 1. The lowest BCUT2D eigenvalue weighted by atomic mass is 10.0. The molecule has 0 amide bonds. The summed E-state index contributed by atoms with van der Waals surface area (Å²) >= 11 is 0. The van der Waals surface area contributed by atoms with Crippen LogP contribution < -0.4 is 4.72 Å². The van der Waals surface area contributed by atoms with E-state index in [4.69, 9.17) is 4.42 Å². The number of hydrogen-bond donors (Lipinski definition) is 1. The number of sulfonamides is 1. The van der Waals surface area contributed by atoms with Gasteiger partial charge in [0.2, 0.25) is 10.0 Å². The van der Waals surface area contributed by atoms with Crippen LogP contribution in [0, 0.1) is 0 Å². The molecule has 0 saturated heterocycles. The van der Waals surface area contributed by atoms with Crippen LogP contribution in [0.2, 0.25) is 0 Å². The fourth-order valence-corrected chi connectivity index (χ4v) is 4.31. The van der Waals surface area contributed by atoms with Crippen molar-refractivity contribution in [3.8, 4) is 11.5 Å². The first kappa shape index (κ1) is 15.2. The molecule has 0 atom stereocenters. The van der Waals surface area contributed by atoms with Gasteiger partial charge in [-0.3, -0.25) is 4.98 Å². The van der Waals surface area contributed by atoms with E-state index in [0.717, 1.165) is 32.1 Å². The normalized spacial score (nSPS) is 16.7. The average Bonchev–Trinajstić information content (AvgIpc) is 3.08. The summed E-state index contributed by atoms with van der Waals surface area (Å²) in [5, 5.41) is -0.287. The topological polar surface area (TPSA) is 85.1 Å². The summed E-state index contributed by atoms with van der Waals surface area (Å²) in [5.74, 6) is 0.583. The summed E-state index contributed by atoms with van der Waals surface area (Å²) in [7, 11) is -3.32. The highest BCUT2D eigenvalue weighted by Crippen LogP contribution is 2.24. The molecule has 1 aliphatic carbocycles. The molecule has 0 spiro atoms. The fraction of sp³-hybridized carbons (Fsp3) is 0.467. The van der Waals surface area contributed by atoms with Gasteiger partial charge in [0.15, 0.2) is 5.76 Å². The molecule has 0 unspecified atom stereocenters. The first-order valence-corrected chi connectivity index (χ1v) is 9.04. The Morgan fingerprint density at radius 1 is 1.18 bits per heavy atom. The smallest absolute Gasteiger partial charge is 0.214 e. The predicted octanol–water partition coefficient (Wildman–Crippen LogP) is 2.49. The third-order valence-electron chi connectivity index (χ3n) is 3.96. The Labute approximate surface area is 130 Å². The first-order valence-electron chi connectivity index (χ1n) is 7.49. The zero-order valence-corrected chi connectivity index (χ0v) is 13.1. The molecular formula is C15H19N3O3S. The molecule has 1 aliphatic rings. The van der Waals surface area contributed by atoms with Gasteiger partial charge in [-0.2, -0.15) is 0 Å². The Morgan fingerprint density at radius 2 is 1.95 bits per heavy atom. The van der Waals surface area contributed by atoms with Crippen LogP contribution in [0.1, 0.15) is 37.8 Å². The number of hydrogen-bond acceptors (Lipinski definition) is 5. The average molecular weight is 321 g/mol. The van der Waals surface area contributed by atoms with E-state index in [1.165, 1.54) is 0 Å². The van der Waals surface area contributed by atoms with Gasteiger partial charge in [0, 0.05) is 12.4 Å². The number of rotatable bonds is 5. The zero-order valence-electron chi connectivity index (χ0n) is 12.2. The highest BCUT2D eigenvalue weighted by Gasteiger charge is 2.27. The minimum atomic E-state index is -3.32. The molecule has 2 heterocycles. The summed E-state index contributed by atoms with van der Waals surface area (Å²) in [6.45, 7) is 0.128. The van der Waals surface area contributed by atoms with Crippen LogP contribution >= 0.6 is 0 Å². The molecule has 118 valence electrons. The van der Waals surface area contributed by atoms with Gasteiger partial charge in [-0.05, 0) is 25.0 Å². The van der Waals surface area contributed by atoms with Gasteiger partial charge < -0.3 is 4.42 Å². The minimum Gasteiger partial charge on any atom is -0.463 e. The van der Waals surface area contributed by atoms with Crippen LogP contribution in [0.4, 0.5) is 0 Å². The van der Waals surface area contributed by atoms with Crippen LogP contribution in [0.5, 0.6) is 0 Å². The quantitative estimate of drug-likeness (QED) is 0.914. The van der Waals surface area contributed by atoms with E-state index >= 15 is 0 Å². The Morgan fingerprint density at radius 3 is 2.68 bits per heavy atom. The summed E-state index contributed by atoms with van der Waals surface area (Å²) in [6, 6.07) is 3.54. The second kappa shape index (κ2) is 6.58. The predicted molar refractivity (Wildman–Crippen MR) is 82.4 cm³/mol. The molecule has 0 aromatic carbocycles. The monoisotopic (exact) mass is 321 g/mol. The molecule has 0 aliphatic heterocycles. The van der Waals surface area contributed by atoms with Gasteiger partial charge in [0.25, 0.3) is 0 Å². The van der Waals surface area contributed by atoms with E-state index in [1.54, 1.807) is 30.8 Å². The Hall–Kier alpha value is -1.73. The van der Waals surface area contributed by atoms with Crippen LogP contribution in [0.25, 0.3) is 11.5 Å².